The van der Waals surface area contributed by atoms with Crippen molar-refractivity contribution in [2.45, 2.75) is 13.1 Å². The van der Waals surface area contributed by atoms with Gasteiger partial charge in [-0.05, 0) is 41.5 Å². The summed E-state index contributed by atoms with van der Waals surface area (Å²) in [6, 6.07) is 26.6. The molecule has 0 aliphatic heterocycles. The fraction of sp³-hybridized carbons (Fsp3) is 0.0833. The highest BCUT2D eigenvalue weighted by atomic mass is 16.5. The first-order chi connectivity index (χ1) is 14.3. The smallest absolute Gasteiger partial charge is 0.255 e. The molecule has 0 radical (unpaired) electrons. The highest BCUT2D eigenvalue weighted by Crippen LogP contribution is 2.25. The Morgan fingerprint density at radius 2 is 1.59 bits per heavy atom. The Kier molecular flexibility index (Phi) is 5.67. The molecule has 5 heteroatoms. The third-order valence-electron chi connectivity index (χ3n) is 4.55. The quantitative estimate of drug-likeness (QED) is 0.505. The van der Waals surface area contributed by atoms with Crippen molar-refractivity contribution in [3.63, 3.8) is 0 Å². The summed E-state index contributed by atoms with van der Waals surface area (Å²) in [5.41, 5.74) is 2.67. The van der Waals surface area contributed by atoms with E-state index in [1.807, 2.05) is 77.6 Å². The summed E-state index contributed by atoms with van der Waals surface area (Å²) < 4.78 is 7.77. The summed E-state index contributed by atoms with van der Waals surface area (Å²) in [4.78, 5) is 12.8. The van der Waals surface area contributed by atoms with Crippen LogP contribution in [-0.2, 0) is 13.1 Å². The standard InChI is InChI=1S/C24H21N3O2/c28-24(22-13-6-7-14-23(22)29-21-11-2-1-3-12-21)25-17-19-9-4-5-10-20(19)18-27-16-8-15-26-27/h1-16H,17-18H2,(H,25,28). The van der Waals surface area contributed by atoms with Crippen LogP contribution in [-0.4, -0.2) is 15.7 Å². The average Bonchev–Trinajstić information content (AvgIpc) is 3.27. The van der Waals surface area contributed by atoms with Crippen LogP contribution in [0, 0.1) is 0 Å². The molecule has 0 saturated heterocycles. The molecule has 1 heterocycles. The Morgan fingerprint density at radius 3 is 2.38 bits per heavy atom. The molecule has 1 N–H and O–H groups in total. The van der Waals surface area contributed by atoms with E-state index in [9.17, 15) is 4.79 Å². The van der Waals surface area contributed by atoms with Gasteiger partial charge in [-0.15, -0.1) is 0 Å². The van der Waals surface area contributed by atoms with Gasteiger partial charge >= 0.3 is 0 Å². The van der Waals surface area contributed by atoms with Gasteiger partial charge in [0.15, 0.2) is 0 Å². The van der Waals surface area contributed by atoms with Crippen LogP contribution in [0.3, 0.4) is 0 Å². The first kappa shape index (κ1) is 18.5. The van der Waals surface area contributed by atoms with Crippen molar-refractivity contribution < 1.29 is 9.53 Å². The summed E-state index contributed by atoms with van der Waals surface area (Å²) in [7, 11) is 0. The summed E-state index contributed by atoms with van der Waals surface area (Å²) in [6.45, 7) is 1.09. The Hall–Kier alpha value is -3.86. The van der Waals surface area contributed by atoms with Crippen LogP contribution in [0.25, 0.3) is 0 Å². The number of hydrogen-bond acceptors (Lipinski definition) is 3. The Morgan fingerprint density at radius 1 is 0.862 bits per heavy atom. The zero-order valence-electron chi connectivity index (χ0n) is 15.9. The maximum atomic E-state index is 12.8. The maximum Gasteiger partial charge on any atom is 0.255 e. The number of nitrogens with zero attached hydrogens (tertiary/aromatic N) is 2. The lowest BCUT2D eigenvalue weighted by Crippen LogP contribution is -2.24. The van der Waals surface area contributed by atoms with Crippen molar-refractivity contribution in [3.8, 4) is 11.5 Å². The largest absolute Gasteiger partial charge is 0.457 e. The first-order valence-electron chi connectivity index (χ1n) is 9.44. The first-order valence-corrected chi connectivity index (χ1v) is 9.44. The van der Waals surface area contributed by atoms with Crippen LogP contribution in [0.4, 0.5) is 0 Å². The van der Waals surface area contributed by atoms with Crippen LogP contribution >= 0.6 is 0 Å². The average molecular weight is 383 g/mol. The number of rotatable bonds is 7. The highest BCUT2D eigenvalue weighted by molar-refractivity contribution is 5.97. The number of hydrogen-bond donors (Lipinski definition) is 1. The molecule has 0 atom stereocenters. The molecule has 4 aromatic rings. The van der Waals surface area contributed by atoms with E-state index in [4.69, 9.17) is 4.74 Å². The zero-order chi connectivity index (χ0) is 19.9. The molecular formula is C24H21N3O2. The van der Waals surface area contributed by atoms with E-state index in [0.717, 1.165) is 11.1 Å². The Labute approximate surface area is 169 Å². The molecule has 1 aromatic heterocycles. The molecule has 0 fully saturated rings. The fourth-order valence-corrected chi connectivity index (χ4v) is 3.08. The van der Waals surface area contributed by atoms with Crippen LogP contribution in [0.1, 0.15) is 21.5 Å². The molecule has 0 aliphatic rings. The second-order valence-corrected chi connectivity index (χ2v) is 6.57. The van der Waals surface area contributed by atoms with Gasteiger partial charge in [-0.25, -0.2) is 0 Å². The third kappa shape index (κ3) is 4.71. The fourth-order valence-electron chi connectivity index (χ4n) is 3.08. The van der Waals surface area contributed by atoms with Gasteiger partial charge in [-0.1, -0.05) is 54.6 Å². The predicted octanol–water partition coefficient (Wildman–Crippen LogP) is 4.65. The van der Waals surface area contributed by atoms with Gasteiger partial charge in [0.25, 0.3) is 5.91 Å². The molecule has 0 unspecified atom stereocenters. The minimum absolute atomic E-state index is 0.176. The van der Waals surface area contributed by atoms with E-state index in [0.29, 0.717) is 30.2 Å². The predicted molar refractivity (Wildman–Crippen MR) is 112 cm³/mol. The number of nitrogens with one attached hydrogen (secondary N) is 1. The summed E-state index contributed by atoms with van der Waals surface area (Å²) in [6.07, 6.45) is 3.68. The van der Waals surface area contributed by atoms with Gasteiger partial charge in [0.05, 0.1) is 12.1 Å². The van der Waals surface area contributed by atoms with Crippen LogP contribution in [0.5, 0.6) is 11.5 Å². The van der Waals surface area contributed by atoms with E-state index < -0.39 is 0 Å². The number of aromatic nitrogens is 2. The summed E-state index contributed by atoms with van der Waals surface area (Å²) in [5, 5.41) is 7.27. The van der Waals surface area contributed by atoms with E-state index in [-0.39, 0.29) is 5.91 Å². The van der Waals surface area contributed by atoms with Crippen molar-refractivity contribution in [1.29, 1.82) is 0 Å². The van der Waals surface area contributed by atoms with Gasteiger partial charge in [0.1, 0.15) is 11.5 Å². The van der Waals surface area contributed by atoms with Crippen LogP contribution < -0.4 is 10.1 Å². The highest BCUT2D eigenvalue weighted by Gasteiger charge is 2.13. The summed E-state index contributed by atoms with van der Waals surface area (Å²) in [5.74, 6) is 1.05. The number of amides is 1. The summed E-state index contributed by atoms with van der Waals surface area (Å²) >= 11 is 0. The second-order valence-electron chi connectivity index (χ2n) is 6.57. The minimum Gasteiger partial charge on any atom is -0.457 e. The van der Waals surface area contributed by atoms with E-state index >= 15 is 0 Å². The molecule has 3 aromatic carbocycles. The van der Waals surface area contributed by atoms with Crippen LogP contribution in [0.2, 0.25) is 0 Å². The lowest BCUT2D eigenvalue weighted by atomic mass is 10.1. The zero-order valence-corrected chi connectivity index (χ0v) is 15.9. The van der Waals surface area contributed by atoms with E-state index in [1.165, 1.54) is 0 Å². The molecule has 0 saturated carbocycles. The lowest BCUT2D eigenvalue weighted by molar-refractivity contribution is 0.0948. The Bertz CT molecular complexity index is 1080. The maximum absolute atomic E-state index is 12.8. The molecule has 29 heavy (non-hydrogen) atoms. The van der Waals surface area contributed by atoms with Crippen molar-refractivity contribution in [2.24, 2.45) is 0 Å². The Balaban J connectivity index is 1.47. The van der Waals surface area contributed by atoms with Crippen molar-refractivity contribution in [2.75, 3.05) is 0 Å². The van der Waals surface area contributed by atoms with Gasteiger partial charge in [0.2, 0.25) is 0 Å². The molecule has 0 aliphatic carbocycles. The number of ether oxygens (including phenoxy) is 1. The van der Waals surface area contributed by atoms with E-state index in [2.05, 4.69) is 16.5 Å². The lowest BCUT2D eigenvalue weighted by Gasteiger charge is -2.13. The SMILES string of the molecule is O=C(NCc1ccccc1Cn1cccn1)c1ccccc1Oc1ccccc1. The molecule has 4 rings (SSSR count). The van der Waals surface area contributed by atoms with Crippen molar-refractivity contribution in [3.05, 3.63) is 114 Å². The second kappa shape index (κ2) is 8.89. The van der Waals surface area contributed by atoms with Gasteiger partial charge in [0, 0.05) is 18.9 Å². The van der Waals surface area contributed by atoms with E-state index in [1.54, 1.807) is 18.3 Å². The molecule has 0 bridgehead atoms. The number of benzene rings is 3. The van der Waals surface area contributed by atoms with Gasteiger partial charge in [-0.3, -0.25) is 9.48 Å². The molecular weight excluding hydrogens is 362 g/mol. The van der Waals surface area contributed by atoms with Gasteiger partial charge < -0.3 is 10.1 Å². The van der Waals surface area contributed by atoms with Crippen LogP contribution in [0.15, 0.2) is 97.3 Å². The number of carbonyl (C=O) groups is 1. The molecule has 144 valence electrons. The van der Waals surface area contributed by atoms with Gasteiger partial charge in [-0.2, -0.15) is 5.10 Å². The van der Waals surface area contributed by atoms with Crippen molar-refractivity contribution in [1.82, 2.24) is 15.1 Å². The monoisotopic (exact) mass is 383 g/mol. The molecule has 5 nitrogen and oxygen atoms in total. The number of para-hydroxylation sites is 2. The third-order valence-corrected chi connectivity index (χ3v) is 4.55. The minimum atomic E-state index is -0.176. The normalized spacial score (nSPS) is 10.5. The molecule has 0 spiro atoms. The topological polar surface area (TPSA) is 56.2 Å². The number of carbonyl (C=O) groups excluding carboxylic acids is 1. The van der Waals surface area contributed by atoms with Crippen molar-refractivity contribution >= 4 is 5.91 Å². The molecule has 1 amide bonds.